The summed E-state index contributed by atoms with van der Waals surface area (Å²) in [4.78, 5) is 22.8. The summed E-state index contributed by atoms with van der Waals surface area (Å²) in [6, 6.07) is 0. The number of rotatable bonds is 6. The number of amides is 2. The van der Waals surface area contributed by atoms with Gasteiger partial charge in [0.05, 0.1) is 6.54 Å². The van der Waals surface area contributed by atoms with E-state index >= 15 is 0 Å². The van der Waals surface area contributed by atoms with E-state index in [1.165, 1.54) is 0 Å². The van der Waals surface area contributed by atoms with Crippen molar-refractivity contribution in [3.63, 3.8) is 0 Å². The molecule has 0 aromatic carbocycles. The molecule has 0 aromatic heterocycles. The van der Waals surface area contributed by atoms with E-state index in [1.54, 1.807) is 0 Å². The largest absolute Gasteiger partial charge is 0.354 e. The van der Waals surface area contributed by atoms with Gasteiger partial charge in [-0.2, -0.15) is 0 Å². The van der Waals surface area contributed by atoms with Gasteiger partial charge in [0.15, 0.2) is 0 Å². The summed E-state index contributed by atoms with van der Waals surface area (Å²) in [5.41, 5.74) is 5.37. The molecule has 0 heterocycles. The molecule has 18 heavy (non-hydrogen) atoms. The first-order valence-electron chi connectivity index (χ1n) is 5.98. The van der Waals surface area contributed by atoms with Crippen LogP contribution in [0.4, 0.5) is 0 Å². The van der Waals surface area contributed by atoms with Crippen LogP contribution in [0.25, 0.3) is 0 Å². The third-order valence-electron chi connectivity index (χ3n) is 2.19. The monoisotopic (exact) mass is 279 g/mol. The minimum Gasteiger partial charge on any atom is -0.354 e. The van der Waals surface area contributed by atoms with Gasteiger partial charge < -0.3 is 16.4 Å². The van der Waals surface area contributed by atoms with Gasteiger partial charge in [0, 0.05) is 13.0 Å². The van der Waals surface area contributed by atoms with Gasteiger partial charge in [-0.05, 0) is 17.9 Å². The first-order chi connectivity index (χ1) is 7.74. The zero-order valence-electron chi connectivity index (χ0n) is 11.7. The SMILES string of the molecule is CC(CN)CNC(=O)CNC(=O)CC(C)(C)C.Cl. The van der Waals surface area contributed by atoms with E-state index in [-0.39, 0.29) is 42.1 Å². The summed E-state index contributed by atoms with van der Waals surface area (Å²) in [5.74, 6) is -0.0173. The molecule has 0 spiro atoms. The molecule has 0 bridgehead atoms. The van der Waals surface area contributed by atoms with Gasteiger partial charge in [-0.1, -0.05) is 27.7 Å². The van der Waals surface area contributed by atoms with Gasteiger partial charge in [0.25, 0.3) is 0 Å². The van der Waals surface area contributed by atoms with E-state index in [1.807, 2.05) is 27.7 Å². The predicted molar refractivity (Wildman–Crippen MR) is 75.6 cm³/mol. The van der Waals surface area contributed by atoms with Crippen molar-refractivity contribution in [2.24, 2.45) is 17.1 Å². The Bertz CT molecular complexity index is 265. The first-order valence-corrected chi connectivity index (χ1v) is 5.98. The highest BCUT2D eigenvalue weighted by molar-refractivity contribution is 5.85. The molecule has 108 valence electrons. The van der Waals surface area contributed by atoms with Crippen LogP contribution in [-0.4, -0.2) is 31.4 Å². The van der Waals surface area contributed by atoms with E-state index < -0.39 is 0 Å². The van der Waals surface area contributed by atoms with Crippen molar-refractivity contribution < 1.29 is 9.59 Å². The molecular weight excluding hydrogens is 254 g/mol. The molecule has 0 aliphatic carbocycles. The van der Waals surface area contributed by atoms with Crippen molar-refractivity contribution >= 4 is 24.2 Å². The summed E-state index contributed by atoms with van der Waals surface area (Å²) >= 11 is 0. The van der Waals surface area contributed by atoms with Crippen LogP contribution < -0.4 is 16.4 Å². The standard InChI is InChI=1S/C12H25N3O2.ClH/c1-9(6-13)7-14-11(17)8-15-10(16)5-12(2,3)4;/h9H,5-8,13H2,1-4H3,(H,14,17)(H,15,16);1H. The van der Waals surface area contributed by atoms with Gasteiger partial charge in [0.2, 0.25) is 11.8 Å². The second-order valence-corrected chi connectivity index (χ2v) is 5.66. The van der Waals surface area contributed by atoms with E-state index in [2.05, 4.69) is 10.6 Å². The maximum atomic E-state index is 11.4. The molecule has 0 saturated heterocycles. The molecule has 0 aromatic rings. The molecule has 0 fully saturated rings. The molecule has 0 radical (unpaired) electrons. The summed E-state index contributed by atoms with van der Waals surface area (Å²) < 4.78 is 0. The van der Waals surface area contributed by atoms with Crippen LogP contribution in [0, 0.1) is 11.3 Å². The molecule has 1 atom stereocenters. The van der Waals surface area contributed by atoms with Crippen molar-refractivity contribution in [1.29, 1.82) is 0 Å². The normalized spacial score (nSPS) is 12.3. The van der Waals surface area contributed by atoms with Crippen LogP contribution in [0.2, 0.25) is 0 Å². The van der Waals surface area contributed by atoms with E-state index in [4.69, 9.17) is 5.73 Å². The number of nitrogens with two attached hydrogens (primary N) is 1. The Labute approximate surface area is 116 Å². The average Bonchev–Trinajstić information content (AvgIpc) is 2.20. The Hall–Kier alpha value is -0.810. The minimum absolute atomic E-state index is 0. The lowest BCUT2D eigenvalue weighted by Crippen LogP contribution is -2.40. The fourth-order valence-corrected chi connectivity index (χ4v) is 1.16. The van der Waals surface area contributed by atoms with Gasteiger partial charge in [-0.3, -0.25) is 9.59 Å². The third-order valence-corrected chi connectivity index (χ3v) is 2.19. The Morgan fingerprint density at radius 1 is 1.17 bits per heavy atom. The van der Waals surface area contributed by atoms with E-state index in [0.29, 0.717) is 19.5 Å². The fourth-order valence-electron chi connectivity index (χ4n) is 1.16. The molecule has 5 nitrogen and oxygen atoms in total. The molecule has 6 heteroatoms. The summed E-state index contributed by atoms with van der Waals surface area (Å²) in [6.07, 6.45) is 0.416. The number of carbonyl (C=O) groups is 2. The maximum absolute atomic E-state index is 11.4. The number of hydrogen-bond donors (Lipinski definition) is 3. The predicted octanol–water partition coefficient (Wildman–Crippen LogP) is 0.672. The molecule has 4 N–H and O–H groups in total. The van der Waals surface area contributed by atoms with Gasteiger partial charge in [-0.15, -0.1) is 12.4 Å². The molecule has 1 unspecified atom stereocenters. The second kappa shape index (κ2) is 9.16. The van der Waals surface area contributed by atoms with Crippen LogP contribution in [-0.2, 0) is 9.59 Å². The molecular formula is C12H26ClN3O2. The summed E-state index contributed by atoms with van der Waals surface area (Å²) in [6.45, 7) is 9.02. The highest BCUT2D eigenvalue weighted by atomic mass is 35.5. The lowest BCUT2D eigenvalue weighted by molar-refractivity contribution is -0.127. The zero-order valence-corrected chi connectivity index (χ0v) is 12.5. The highest BCUT2D eigenvalue weighted by Gasteiger charge is 2.16. The van der Waals surface area contributed by atoms with E-state index in [0.717, 1.165) is 0 Å². The van der Waals surface area contributed by atoms with Crippen molar-refractivity contribution in [1.82, 2.24) is 10.6 Å². The Morgan fingerprint density at radius 3 is 2.17 bits per heavy atom. The van der Waals surface area contributed by atoms with Crippen molar-refractivity contribution in [2.75, 3.05) is 19.6 Å². The molecule has 0 saturated carbocycles. The number of halogens is 1. The first kappa shape index (κ1) is 19.5. The van der Waals surface area contributed by atoms with E-state index in [9.17, 15) is 9.59 Å². The van der Waals surface area contributed by atoms with Crippen molar-refractivity contribution in [2.45, 2.75) is 34.1 Å². The number of hydrogen-bond acceptors (Lipinski definition) is 3. The molecule has 0 aliphatic heterocycles. The fraction of sp³-hybridized carbons (Fsp3) is 0.833. The van der Waals surface area contributed by atoms with Gasteiger partial charge in [0.1, 0.15) is 0 Å². The van der Waals surface area contributed by atoms with Crippen LogP contribution >= 0.6 is 12.4 Å². The molecule has 0 rings (SSSR count). The summed E-state index contributed by atoms with van der Waals surface area (Å²) in [5, 5.41) is 5.32. The summed E-state index contributed by atoms with van der Waals surface area (Å²) in [7, 11) is 0. The van der Waals surface area contributed by atoms with Crippen molar-refractivity contribution in [3.8, 4) is 0 Å². The van der Waals surface area contributed by atoms with Crippen LogP contribution in [0.15, 0.2) is 0 Å². The minimum atomic E-state index is -0.174. The van der Waals surface area contributed by atoms with Gasteiger partial charge in [-0.25, -0.2) is 0 Å². The van der Waals surface area contributed by atoms with Crippen LogP contribution in [0.3, 0.4) is 0 Å². The number of carbonyl (C=O) groups excluding carboxylic acids is 2. The third kappa shape index (κ3) is 11.7. The number of nitrogens with one attached hydrogen (secondary N) is 2. The Balaban J connectivity index is 0. The molecule has 0 aliphatic rings. The maximum Gasteiger partial charge on any atom is 0.239 e. The molecule has 2 amide bonds. The highest BCUT2D eigenvalue weighted by Crippen LogP contribution is 2.17. The average molecular weight is 280 g/mol. The van der Waals surface area contributed by atoms with Crippen LogP contribution in [0.1, 0.15) is 34.1 Å². The van der Waals surface area contributed by atoms with Crippen molar-refractivity contribution in [3.05, 3.63) is 0 Å². The van der Waals surface area contributed by atoms with Crippen LogP contribution in [0.5, 0.6) is 0 Å². The lowest BCUT2D eigenvalue weighted by atomic mass is 9.92. The zero-order chi connectivity index (χ0) is 13.5. The second-order valence-electron chi connectivity index (χ2n) is 5.66. The van der Waals surface area contributed by atoms with Gasteiger partial charge >= 0.3 is 0 Å². The Morgan fingerprint density at radius 2 is 1.72 bits per heavy atom. The lowest BCUT2D eigenvalue weighted by Gasteiger charge is -2.17. The topological polar surface area (TPSA) is 84.2 Å². The Kier molecular flexibility index (Phi) is 9.94. The quantitative estimate of drug-likeness (QED) is 0.668. The smallest absolute Gasteiger partial charge is 0.239 e.